The molecule has 0 fully saturated rings. The van der Waals surface area contributed by atoms with Crippen molar-refractivity contribution in [3.63, 3.8) is 0 Å². The molecular formula is C13H22N2O3S. The average Bonchev–Trinajstić information content (AvgIpc) is 2.35. The van der Waals surface area contributed by atoms with Crippen molar-refractivity contribution in [1.29, 1.82) is 0 Å². The lowest BCUT2D eigenvalue weighted by Crippen LogP contribution is -2.31. The summed E-state index contributed by atoms with van der Waals surface area (Å²) >= 11 is 0. The van der Waals surface area contributed by atoms with Gasteiger partial charge in [-0.3, -0.25) is 0 Å². The van der Waals surface area contributed by atoms with Gasteiger partial charge in [0.05, 0.1) is 11.9 Å². The highest BCUT2D eigenvalue weighted by molar-refractivity contribution is 7.89. The Hall–Kier alpha value is -1.11. The number of nitrogen functional groups attached to an aromatic ring is 1. The first-order chi connectivity index (χ1) is 8.80. The monoisotopic (exact) mass is 286 g/mol. The summed E-state index contributed by atoms with van der Waals surface area (Å²) in [5, 5.41) is 9.88. The van der Waals surface area contributed by atoms with Gasteiger partial charge < -0.3 is 10.8 Å². The Labute approximate surface area is 114 Å². The van der Waals surface area contributed by atoms with E-state index in [4.69, 9.17) is 5.73 Å². The van der Waals surface area contributed by atoms with E-state index < -0.39 is 16.1 Å². The maximum Gasteiger partial charge on any atom is 0.211 e. The fraction of sp³-hybridized carbons (Fsp3) is 0.538. The van der Waals surface area contributed by atoms with Gasteiger partial charge in [0.15, 0.2) is 0 Å². The van der Waals surface area contributed by atoms with Gasteiger partial charge in [0, 0.05) is 12.2 Å². The molecule has 1 aromatic rings. The summed E-state index contributed by atoms with van der Waals surface area (Å²) in [6.07, 6.45) is -0.262. The van der Waals surface area contributed by atoms with Crippen LogP contribution < -0.4 is 10.5 Å². The number of benzene rings is 1. The summed E-state index contributed by atoms with van der Waals surface area (Å²) in [6, 6.07) is 6.71. The van der Waals surface area contributed by atoms with Crippen LogP contribution in [-0.2, 0) is 10.0 Å². The zero-order valence-corrected chi connectivity index (χ0v) is 12.2. The molecule has 0 bridgehead atoms. The molecule has 0 saturated carbocycles. The van der Waals surface area contributed by atoms with Crippen molar-refractivity contribution in [3.05, 3.63) is 29.8 Å². The predicted molar refractivity (Wildman–Crippen MR) is 77.1 cm³/mol. The third-order valence-corrected chi connectivity index (χ3v) is 4.16. The van der Waals surface area contributed by atoms with Crippen molar-refractivity contribution in [2.24, 2.45) is 5.92 Å². The van der Waals surface area contributed by atoms with E-state index in [-0.39, 0.29) is 12.3 Å². The minimum Gasteiger partial charge on any atom is -0.399 e. The molecule has 1 unspecified atom stereocenters. The number of anilines is 1. The summed E-state index contributed by atoms with van der Waals surface area (Å²) in [6.45, 7) is 3.92. The first-order valence-electron chi connectivity index (χ1n) is 6.31. The van der Waals surface area contributed by atoms with Crippen LogP contribution in [0.5, 0.6) is 0 Å². The third kappa shape index (κ3) is 6.04. The number of aliphatic hydroxyl groups is 1. The summed E-state index contributed by atoms with van der Waals surface area (Å²) in [7, 11) is -3.32. The van der Waals surface area contributed by atoms with Crippen LogP contribution >= 0.6 is 0 Å². The molecule has 0 aliphatic carbocycles. The molecular weight excluding hydrogens is 264 g/mol. The van der Waals surface area contributed by atoms with E-state index in [1.165, 1.54) is 0 Å². The van der Waals surface area contributed by atoms with Crippen LogP contribution in [0.1, 0.15) is 31.9 Å². The average molecular weight is 286 g/mol. The first-order valence-corrected chi connectivity index (χ1v) is 7.96. The molecule has 19 heavy (non-hydrogen) atoms. The van der Waals surface area contributed by atoms with E-state index in [9.17, 15) is 13.5 Å². The third-order valence-electron chi connectivity index (χ3n) is 2.78. The normalized spacial score (nSPS) is 13.7. The molecule has 0 saturated heterocycles. The molecule has 108 valence electrons. The second kappa shape index (κ2) is 6.88. The first kappa shape index (κ1) is 15.9. The zero-order valence-electron chi connectivity index (χ0n) is 11.3. The minimum absolute atomic E-state index is 0.0235. The SMILES string of the molecule is CC(C)CCS(=O)(=O)NCC(O)c1ccc(N)cc1. The highest BCUT2D eigenvalue weighted by Crippen LogP contribution is 2.14. The number of hydrogen-bond acceptors (Lipinski definition) is 4. The van der Waals surface area contributed by atoms with E-state index in [2.05, 4.69) is 4.72 Å². The van der Waals surface area contributed by atoms with Gasteiger partial charge in [0.25, 0.3) is 0 Å². The van der Waals surface area contributed by atoms with Gasteiger partial charge >= 0.3 is 0 Å². The Morgan fingerprint density at radius 3 is 2.37 bits per heavy atom. The van der Waals surface area contributed by atoms with E-state index in [0.717, 1.165) is 0 Å². The van der Waals surface area contributed by atoms with Crippen LogP contribution in [0.3, 0.4) is 0 Å². The molecule has 1 aromatic carbocycles. The Balaban J connectivity index is 2.49. The van der Waals surface area contributed by atoms with E-state index in [1.807, 2.05) is 13.8 Å². The lowest BCUT2D eigenvalue weighted by Gasteiger charge is -2.13. The Morgan fingerprint density at radius 1 is 1.26 bits per heavy atom. The molecule has 0 radical (unpaired) electrons. The largest absolute Gasteiger partial charge is 0.399 e. The van der Waals surface area contributed by atoms with Crippen molar-refractivity contribution in [2.45, 2.75) is 26.4 Å². The fourth-order valence-corrected chi connectivity index (χ4v) is 2.84. The van der Waals surface area contributed by atoms with Gasteiger partial charge in [-0.05, 0) is 30.0 Å². The van der Waals surface area contributed by atoms with Crippen molar-refractivity contribution < 1.29 is 13.5 Å². The van der Waals surface area contributed by atoms with Crippen molar-refractivity contribution >= 4 is 15.7 Å². The van der Waals surface area contributed by atoms with Crippen LogP contribution in [0.2, 0.25) is 0 Å². The molecule has 0 aliphatic heterocycles. The van der Waals surface area contributed by atoms with Crippen molar-refractivity contribution in [2.75, 3.05) is 18.0 Å². The highest BCUT2D eigenvalue weighted by atomic mass is 32.2. The highest BCUT2D eigenvalue weighted by Gasteiger charge is 2.14. The van der Waals surface area contributed by atoms with Crippen molar-refractivity contribution in [3.8, 4) is 0 Å². The van der Waals surface area contributed by atoms with Gasteiger partial charge in [-0.2, -0.15) is 0 Å². The van der Waals surface area contributed by atoms with Gasteiger partial charge in [0.2, 0.25) is 10.0 Å². The number of rotatable bonds is 7. The van der Waals surface area contributed by atoms with Crippen LogP contribution in [0.15, 0.2) is 24.3 Å². The molecule has 4 N–H and O–H groups in total. The van der Waals surface area contributed by atoms with Gasteiger partial charge in [-0.25, -0.2) is 13.1 Å². The zero-order chi connectivity index (χ0) is 14.5. The summed E-state index contributed by atoms with van der Waals surface area (Å²) in [4.78, 5) is 0. The van der Waals surface area contributed by atoms with Gasteiger partial charge in [-0.1, -0.05) is 26.0 Å². The maximum absolute atomic E-state index is 11.7. The molecule has 0 heterocycles. The van der Waals surface area contributed by atoms with Crippen molar-refractivity contribution in [1.82, 2.24) is 4.72 Å². The van der Waals surface area contributed by atoms with Crippen LogP contribution in [0, 0.1) is 5.92 Å². The molecule has 0 aromatic heterocycles. The Bertz CT molecular complexity index is 483. The Kier molecular flexibility index (Phi) is 5.78. The number of hydrogen-bond donors (Lipinski definition) is 3. The van der Waals surface area contributed by atoms with Crippen LogP contribution in [0.4, 0.5) is 5.69 Å². The molecule has 1 atom stereocenters. The van der Waals surface area contributed by atoms with Gasteiger partial charge in [-0.15, -0.1) is 0 Å². The van der Waals surface area contributed by atoms with E-state index in [1.54, 1.807) is 24.3 Å². The Morgan fingerprint density at radius 2 is 1.84 bits per heavy atom. The second-order valence-electron chi connectivity index (χ2n) is 5.03. The standard InChI is InChI=1S/C13H22N2O3S/c1-10(2)7-8-19(17,18)15-9-13(16)11-3-5-12(14)6-4-11/h3-6,10,13,15-16H,7-9,14H2,1-2H3. The summed E-state index contributed by atoms with van der Waals surface area (Å²) in [5.41, 5.74) is 6.79. The minimum atomic E-state index is -3.32. The molecule has 6 heteroatoms. The molecule has 5 nitrogen and oxygen atoms in total. The summed E-state index contributed by atoms with van der Waals surface area (Å²) in [5.74, 6) is 0.414. The molecule has 0 amide bonds. The number of nitrogens with one attached hydrogen (secondary N) is 1. The molecule has 1 rings (SSSR count). The lowest BCUT2D eigenvalue weighted by atomic mass is 10.1. The molecule has 0 spiro atoms. The van der Waals surface area contributed by atoms with Crippen LogP contribution in [-0.4, -0.2) is 25.8 Å². The number of nitrogens with two attached hydrogens (primary N) is 1. The second-order valence-corrected chi connectivity index (χ2v) is 6.96. The van der Waals surface area contributed by atoms with E-state index >= 15 is 0 Å². The van der Waals surface area contributed by atoms with E-state index in [0.29, 0.717) is 23.6 Å². The smallest absolute Gasteiger partial charge is 0.211 e. The number of aliphatic hydroxyl groups excluding tert-OH is 1. The fourth-order valence-electron chi connectivity index (χ4n) is 1.50. The predicted octanol–water partition coefficient (Wildman–Crippen LogP) is 1.27. The quantitative estimate of drug-likeness (QED) is 0.658. The summed E-state index contributed by atoms with van der Waals surface area (Å²) < 4.78 is 25.8. The lowest BCUT2D eigenvalue weighted by molar-refractivity contribution is 0.182. The maximum atomic E-state index is 11.7. The van der Waals surface area contributed by atoms with Gasteiger partial charge in [0.1, 0.15) is 0 Å². The number of sulfonamides is 1. The van der Waals surface area contributed by atoms with Crippen LogP contribution in [0.25, 0.3) is 0 Å². The molecule has 0 aliphatic rings. The topological polar surface area (TPSA) is 92.4 Å².